The van der Waals surface area contributed by atoms with Crippen LogP contribution in [0, 0.1) is 11.8 Å². The SMILES string of the molecule is CCCCCC=CC[C@@H]1[C@@H](CCCCCCC(=O)O)[C@H]2C[C@H]1OO2. The molecule has 4 heteroatoms. The van der Waals surface area contributed by atoms with Gasteiger partial charge in [0.1, 0.15) is 0 Å². The van der Waals surface area contributed by atoms with Crippen LogP contribution in [0.4, 0.5) is 0 Å². The molecule has 1 N–H and O–H groups in total. The molecule has 1 saturated heterocycles. The van der Waals surface area contributed by atoms with Crippen molar-refractivity contribution in [3.8, 4) is 0 Å². The normalized spacial score (nSPS) is 28.9. The first kappa shape index (κ1) is 19.5. The molecule has 2 rings (SSSR count). The van der Waals surface area contributed by atoms with Crippen molar-refractivity contribution in [1.29, 1.82) is 0 Å². The van der Waals surface area contributed by atoms with Gasteiger partial charge >= 0.3 is 5.97 Å². The summed E-state index contributed by atoms with van der Waals surface area (Å²) in [6, 6.07) is 0. The van der Waals surface area contributed by atoms with Crippen LogP contribution in [0.25, 0.3) is 0 Å². The third kappa shape index (κ3) is 6.21. The molecular weight excluding hydrogens is 304 g/mol. The first-order valence-corrected chi connectivity index (χ1v) is 9.91. The topological polar surface area (TPSA) is 55.8 Å². The van der Waals surface area contributed by atoms with Gasteiger partial charge in [0.15, 0.2) is 0 Å². The van der Waals surface area contributed by atoms with Gasteiger partial charge in [0.25, 0.3) is 0 Å². The fourth-order valence-electron chi connectivity index (χ4n) is 4.11. The second-order valence-electron chi connectivity index (χ2n) is 7.38. The Labute approximate surface area is 146 Å². The van der Waals surface area contributed by atoms with E-state index in [2.05, 4.69) is 19.1 Å². The van der Waals surface area contributed by atoms with Gasteiger partial charge in [-0.2, -0.15) is 0 Å². The number of allylic oxidation sites excluding steroid dienone is 2. The summed E-state index contributed by atoms with van der Waals surface area (Å²) in [5, 5.41) is 8.66. The Morgan fingerprint density at radius 3 is 2.50 bits per heavy atom. The number of carboxylic acids is 1. The Bertz CT molecular complexity index is 393. The van der Waals surface area contributed by atoms with Gasteiger partial charge in [-0.1, -0.05) is 51.2 Å². The second kappa shape index (κ2) is 10.9. The van der Waals surface area contributed by atoms with Crippen LogP contribution in [0.3, 0.4) is 0 Å². The summed E-state index contributed by atoms with van der Waals surface area (Å²) in [4.78, 5) is 21.4. The van der Waals surface area contributed by atoms with Gasteiger partial charge in [-0.25, -0.2) is 9.78 Å². The highest BCUT2D eigenvalue weighted by Gasteiger charge is 2.49. The van der Waals surface area contributed by atoms with Crippen LogP contribution >= 0.6 is 0 Å². The minimum Gasteiger partial charge on any atom is -0.481 e. The minimum atomic E-state index is -0.681. The zero-order chi connectivity index (χ0) is 17.2. The molecule has 1 saturated carbocycles. The molecule has 4 nitrogen and oxygen atoms in total. The smallest absolute Gasteiger partial charge is 0.303 e. The summed E-state index contributed by atoms with van der Waals surface area (Å²) >= 11 is 0. The van der Waals surface area contributed by atoms with Gasteiger partial charge < -0.3 is 5.11 Å². The van der Waals surface area contributed by atoms with Crippen LogP contribution < -0.4 is 0 Å². The average molecular weight is 338 g/mol. The predicted octanol–water partition coefficient (Wildman–Crippen LogP) is 5.27. The number of carboxylic acid groups (broad SMARTS) is 1. The number of rotatable bonds is 13. The number of hydrogen-bond acceptors (Lipinski definition) is 3. The van der Waals surface area contributed by atoms with Crippen molar-refractivity contribution < 1.29 is 19.7 Å². The van der Waals surface area contributed by atoms with Crippen molar-refractivity contribution in [1.82, 2.24) is 0 Å². The molecule has 0 spiro atoms. The van der Waals surface area contributed by atoms with E-state index in [4.69, 9.17) is 14.9 Å². The lowest BCUT2D eigenvalue weighted by atomic mass is 9.85. The molecule has 138 valence electrons. The summed E-state index contributed by atoms with van der Waals surface area (Å²) in [5.41, 5.74) is 0. The molecular formula is C20H34O4. The maximum atomic E-state index is 10.5. The van der Waals surface area contributed by atoms with Gasteiger partial charge in [0.05, 0.1) is 12.2 Å². The summed E-state index contributed by atoms with van der Waals surface area (Å²) in [7, 11) is 0. The Hall–Kier alpha value is -0.870. The Morgan fingerprint density at radius 2 is 1.75 bits per heavy atom. The largest absolute Gasteiger partial charge is 0.481 e. The average Bonchev–Trinajstić information content (AvgIpc) is 3.15. The lowest BCUT2D eigenvalue weighted by Gasteiger charge is -2.29. The van der Waals surface area contributed by atoms with E-state index in [9.17, 15) is 4.79 Å². The number of unbranched alkanes of at least 4 members (excludes halogenated alkanes) is 6. The van der Waals surface area contributed by atoms with Gasteiger partial charge in [0, 0.05) is 12.8 Å². The van der Waals surface area contributed by atoms with Gasteiger partial charge in [0.2, 0.25) is 0 Å². The molecule has 1 aliphatic heterocycles. The maximum Gasteiger partial charge on any atom is 0.303 e. The van der Waals surface area contributed by atoms with Crippen LogP contribution in [-0.4, -0.2) is 23.3 Å². The quantitative estimate of drug-likeness (QED) is 0.282. The fraction of sp³-hybridized carbons (Fsp3) is 0.850. The molecule has 24 heavy (non-hydrogen) atoms. The predicted molar refractivity (Wildman–Crippen MR) is 94.6 cm³/mol. The van der Waals surface area contributed by atoms with Gasteiger partial charge in [-0.15, -0.1) is 0 Å². The molecule has 0 amide bonds. The summed E-state index contributed by atoms with van der Waals surface area (Å²) in [6.07, 6.45) is 18.1. The third-order valence-electron chi connectivity index (χ3n) is 5.50. The summed E-state index contributed by atoms with van der Waals surface area (Å²) in [6.45, 7) is 2.24. The standard InChI is InChI=1S/C20H34O4/c1-2-3-4-5-6-9-12-16-17(19-15-18(16)23-24-19)13-10-7-8-11-14-20(21)22/h6,9,16-19H,2-5,7-8,10-15H2,1H3,(H,21,22)/t16-,17-,18-,19-/m1/s1. The van der Waals surface area contributed by atoms with E-state index >= 15 is 0 Å². The van der Waals surface area contributed by atoms with Crippen LogP contribution in [0.15, 0.2) is 12.2 Å². The molecule has 0 aromatic rings. The first-order chi connectivity index (χ1) is 11.7. The van der Waals surface area contributed by atoms with E-state index < -0.39 is 5.97 Å². The third-order valence-corrected chi connectivity index (χ3v) is 5.50. The van der Waals surface area contributed by atoms with Crippen molar-refractivity contribution in [3.05, 3.63) is 12.2 Å². The zero-order valence-electron chi connectivity index (χ0n) is 15.1. The number of hydrogen-bond donors (Lipinski definition) is 1. The van der Waals surface area contributed by atoms with E-state index in [1.54, 1.807) is 0 Å². The van der Waals surface area contributed by atoms with Crippen molar-refractivity contribution in [2.75, 3.05) is 0 Å². The highest BCUT2D eigenvalue weighted by atomic mass is 17.2. The van der Waals surface area contributed by atoms with Crippen molar-refractivity contribution in [3.63, 3.8) is 0 Å². The molecule has 2 aliphatic rings. The number of fused-ring (bicyclic) bond motifs is 2. The maximum absolute atomic E-state index is 10.5. The molecule has 0 aromatic carbocycles. The second-order valence-corrected chi connectivity index (χ2v) is 7.38. The Morgan fingerprint density at radius 1 is 1.00 bits per heavy atom. The van der Waals surface area contributed by atoms with Gasteiger partial charge in [-0.3, -0.25) is 4.79 Å². The molecule has 0 aromatic heterocycles. The van der Waals surface area contributed by atoms with Crippen LogP contribution in [0.2, 0.25) is 0 Å². The van der Waals surface area contributed by atoms with Crippen molar-refractivity contribution in [2.24, 2.45) is 11.8 Å². The summed E-state index contributed by atoms with van der Waals surface area (Å²) < 4.78 is 0. The fourth-order valence-corrected chi connectivity index (χ4v) is 4.11. The van der Waals surface area contributed by atoms with E-state index in [1.807, 2.05) is 0 Å². The van der Waals surface area contributed by atoms with Crippen LogP contribution in [0.1, 0.15) is 84.0 Å². The van der Waals surface area contributed by atoms with Gasteiger partial charge in [-0.05, 0) is 43.9 Å². The Balaban J connectivity index is 1.65. The van der Waals surface area contributed by atoms with E-state index in [1.165, 1.54) is 38.5 Å². The molecule has 0 radical (unpaired) electrons. The molecule has 0 unspecified atom stereocenters. The number of aliphatic carboxylic acids is 1. The highest BCUT2D eigenvalue weighted by Crippen LogP contribution is 2.46. The molecule has 1 aliphatic carbocycles. The van der Waals surface area contributed by atoms with Crippen molar-refractivity contribution in [2.45, 2.75) is 96.2 Å². The van der Waals surface area contributed by atoms with Crippen molar-refractivity contribution >= 4 is 5.97 Å². The number of carbonyl (C=O) groups is 1. The first-order valence-electron chi connectivity index (χ1n) is 9.91. The minimum absolute atomic E-state index is 0.285. The molecule has 1 heterocycles. The van der Waals surface area contributed by atoms with E-state index in [0.717, 1.165) is 32.1 Å². The van der Waals surface area contributed by atoms with E-state index in [-0.39, 0.29) is 12.2 Å². The Kier molecular flexibility index (Phi) is 8.82. The molecule has 4 atom stereocenters. The lowest BCUT2D eigenvalue weighted by Crippen LogP contribution is -2.29. The monoisotopic (exact) mass is 338 g/mol. The lowest BCUT2D eigenvalue weighted by molar-refractivity contribution is -0.341. The zero-order valence-corrected chi connectivity index (χ0v) is 15.1. The molecule has 2 fully saturated rings. The van der Waals surface area contributed by atoms with E-state index in [0.29, 0.717) is 18.3 Å². The highest BCUT2D eigenvalue weighted by molar-refractivity contribution is 5.66. The van der Waals surface area contributed by atoms with Crippen LogP contribution in [-0.2, 0) is 14.6 Å². The van der Waals surface area contributed by atoms with Crippen LogP contribution in [0.5, 0.6) is 0 Å². The molecule has 2 bridgehead atoms. The summed E-state index contributed by atoms with van der Waals surface area (Å²) in [5.74, 6) is 0.535.